The van der Waals surface area contributed by atoms with Crippen molar-refractivity contribution in [1.82, 2.24) is 10.2 Å². The van der Waals surface area contributed by atoms with E-state index >= 15 is 0 Å². The predicted octanol–water partition coefficient (Wildman–Crippen LogP) is 2.52. The smallest absolute Gasteiger partial charge is 0.263 e. The van der Waals surface area contributed by atoms with Crippen LogP contribution in [0.5, 0.6) is 5.75 Å². The minimum absolute atomic E-state index is 0.0339. The summed E-state index contributed by atoms with van der Waals surface area (Å²) in [4.78, 5) is 15.2. The molecule has 1 amide bonds. The molecule has 1 fully saturated rings. The van der Waals surface area contributed by atoms with Crippen molar-refractivity contribution < 1.29 is 17.9 Å². The Labute approximate surface area is 184 Å². The van der Waals surface area contributed by atoms with Gasteiger partial charge in [0.2, 0.25) is 10.0 Å². The maximum Gasteiger partial charge on any atom is 0.263 e. The second-order valence-electron chi connectivity index (χ2n) is 8.02. The molecular weight excluding hydrogens is 414 g/mol. The van der Waals surface area contributed by atoms with Gasteiger partial charge < -0.3 is 10.1 Å². The number of para-hydroxylation sites is 2. The Morgan fingerprint density at radius 1 is 1.06 bits per heavy atom. The highest BCUT2D eigenvalue weighted by molar-refractivity contribution is 7.92. The Morgan fingerprint density at radius 2 is 1.74 bits per heavy atom. The molecule has 2 aliphatic heterocycles. The lowest BCUT2D eigenvalue weighted by Crippen LogP contribution is -2.50. The Kier molecular flexibility index (Phi) is 6.48. The highest BCUT2D eigenvalue weighted by Gasteiger charge is 2.35. The molecule has 1 saturated heterocycles. The summed E-state index contributed by atoms with van der Waals surface area (Å²) in [7, 11) is -3.51. The molecule has 0 radical (unpaired) electrons. The van der Waals surface area contributed by atoms with Crippen LogP contribution < -0.4 is 14.4 Å². The topological polar surface area (TPSA) is 79.0 Å². The third kappa shape index (κ3) is 5.02. The van der Waals surface area contributed by atoms with Crippen molar-refractivity contribution in [3.63, 3.8) is 0 Å². The predicted molar refractivity (Wildman–Crippen MR) is 120 cm³/mol. The van der Waals surface area contributed by atoms with Gasteiger partial charge in [0.25, 0.3) is 5.91 Å². The summed E-state index contributed by atoms with van der Waals surface area (Å²) >= 11 is 0. The van der Waals surface area contributed by atoms with Crippen molar-refractivity contribution in [3.05, 3.63) is 59.7 Å². The zero-order valence-corrected chi connectivity index (χ0v) is 18.6. The average Bonchev–Trinajstić information content (AvgIpc) is 3.30. The molecule has 2 heterocycles. The summed E-state index contributed by atoms with van der Waals surface area (Å²) in [5.74, 6) is 0.0311. The van der Waals surface area contributed by atoms with Gasteiger partial charge >= 0.3 is 0 Å². The summed E-state index contributed by atoms with van der Waals surface area (Å²) < 4.78 is 32.2. The largest absolute Gasteiger partial charge is 0.476 e. The van der Waals surface area contributed by atoms with Gasteiger partial charge in [-0.2, -0.15) is 0 Å². The van der Waals surface area contributed by atoms with Gasteiger partial charge in [0.15, 0.2) is 6.10 Å². The average molecular weight is 444 g/mol. The second kappa shape index (κ2) is 9.28. The van der Waals surface area contributed by atoms with E-state index in [2.05, 4.69) is 22.3 Å². The van der Waals surface area contributed by atoms with Crippen LogP contribution in [-0.4, -0.2) is 50.7 Å². The number of likely N-dealkylation sites (tertiary alicyclic amines) is 1. The first kappa shape index (κ1) is 21.6. The van der Waals surface area contributed by atoms with Crippen LogP contribution in [-0.2, 0) is 27.9 Å². The minimum atomic E-state index is -3.51. The van der Waals surface area contributed by atoms with E-state index in [9.17, 15) is 13.2 Å². The summed E-state index contributed by atoms with van der Waals surface area (Å²) in [5.41, 5.74) is 2.74. The lowest BCUT2D eigenvalue weighted by atomic mass is 10.1. The maximum atomic E-state index is 12.8. The molecule has 0 bridgehead atoms. The molecule has 166 valence electrons. The molecule has 2 aromatic carbocycles. The SMILES string of the molecule is CCS(=O)(=O)N1CC(C(=O)NCc2ccc(CN3CCCC3)cc2)Oc2ccccc21. The number of fused-ring (bicyclic) bond motifs is 1. The molecule has 4 rings (SSSR count). The van der Waals surface area contributed by atoms with Gasteiger partial charge in [-0.05, 0) is 56.1 Å². The van der Waals surface area contributed by atoms with Crippen LogP contribution >= 0.6 is 0 Å². The molecule has 0 saturated carbocycles. The molecular formula is C23H29N3O4S. The molecule has 2 aromatic rings. The summed E-state index contributed by atoms with van der Waals surface area (Å²) in [6, 6.07) is 15.2. The number of amides is 1. The number of ether oxygens (including phenoxy) is 1. The lowest BCUT2D eigenvalue weighted by Gasteiger charge is -2.34. The van der Waals surface area contributed by atoms with Gasteiger partial charge in [-0.1, -0.05) is 36.4 Å². The normalized spacial score (nSPS) is 19.0. The molecule has 0 aromatic heterocycles. The number of rotatable bonds is 7. The fourth-order valence-electron chi connectivity index (χ4n) is 4.02. The second-order valence-corrected chi connectivity index (χ2v) is 10.2. The molecule has 2 aliphatic rings. The van der Waals surface area contributed by atoms with Gasteiger partial charge in [0, 0.05) is 13.1 Å². The summed E-state index contributed by atoms with van der Waals surface area (Å²) in [5, 5.41) is 2.89. The van der Waals surface area contributed by atoms with Crippen LogP contribution in [0.1, 0.15) is 30.9 Å². The molecule has 31 heavy (non-hydrogen) atoms. The molecule has 7 nitrogen and oxygen atoms in total. The van der Waals surface area contributed by atoms with E-state index in [0.717, 1.165) is 25.2 Å². The monoisotopic (exact) mass is 443 g/mol. The lowest BCUT2D eigenvalue weighted by molar-refractivity contribution is -0.127. The van der Waals surface area contributed by atoms with Crippen molar-refractivity contribution in [2.45, 2.75) is 39.0 Å². The number of anilines is 1. The number of hydrogen-bond donors (Lipinski definition) is 1. The summed E-state index contributed by atoms with van der Waals surface area (Å²) in [6.07, 6.45) is 1.65. The van der Waals surface area contributed by atoms with E-state index in [1.807, 2.05) is 12.1 Å². The first-order valence-electron chi connectivity index (χ1n) is 10.8. The van der Waals surface area contributed by atoms with E-state index in [0.29, 0.717) is 18.0 Å². The molecule has 1 N–H and O–H groups in total. The molecule has 1 unspecified atom stereocenters. The highest BCUT2D eigenvalue weighted by atomic mass is 32.2. The standard InChI is InChI=1S/C23H29N3O4S/c1-2-31(28,29)26-17-22(30-21-8-4-3-7-20(21)26)23(27)24-15-18-9-11-19(12-10-18)16-25-13-5-6-14-25/h3-4,7-12,22H,2,5-6,13-17H2,1H3,(H,24,27). The molecule has 0 spiro atoms. The van der Waals surface area contributed by atoms with Crippen LogP contribution in [0.4, 0.5) is 5.69 Å². The van der Waals surface area contributed by atoms with Gasteiger partial charge in [0.05, 0.1) is 18.0 Å². The Morgan fingerprint density at radius 3 is 2.45 bits per heavy atom. The molecule has 8 heteroatoms. The van der Waals surface area contributed by atoms with Gasteiger partial charge in [-0.25, -0.2) is 8.42 Å². The van der Waals surface area contributed by atoms with Crippen LogP contribution in [0.3, 0.4) is 0 Å². The third-order valence-corrected chi connectivity index (χ3v) is 7.57. The fraction of sp³-hybridized carbons (Fsp3) is 0.435. The highest BCUT2D eigenvalue weighted by Crippen LogP contribution is 2.35. The third-order valence-electron chi connectivity index (χ3n) is 5.82. The number of nitrogens with zero attached hydrogens (tertiary/aromatic N) is 2. The van der Waals surface area contributed by atoms with E-state index < -0.39 is 16.1 Å². The molecule has 0 aliphatic carbocycles. The van der Waals surface area contributed by atoms with Crippen LogP contribution in [0, 0.1) is 0 Å². The van der Waals surface area contributed by atoms with Crippen molar-refractivity contribution >= 4 is 21.6 Å². The van der Waals surface area contributed by atoms with Gasteiger partial charge in [-0.3, -0.25) is 14.0 Å². The number of carbonyl (C=O) groups excluding carboxylic acids is 1. The number of nitrogens with one attached hydrogen (secondary N) is 1. The maximum absolute atomic E-state index is 12.8. The minimum Gasteiger partial charge on any atom is -0.476 e. The fourth-order valence-corrected chi connectivity index (χ4v) is 5.15. The van der Waals surface area contributed by atoms with E-state index in [-0.39, 0.29) is 18.2 Å². The first-order chi connectivity index (χ1) is 15.0. The number of carbonyl (C=O) groups is 1. The van der Waals surface area contributed by atoms with E-state index in [4.69, 9.17) is 4.74 Å². The van der Waals surface area contributed by atoms with E-state index in [1.165, 1.54) is 22.7 Å². The van der Waals surface area contributed by atoms with Gasteiger partial charge in [0.1, 0.15) is 5.75 Å². The Bertz CT molecular complexity index is 1020. The first-order valence-corrected chi connectivity index (χ1v) is 12.4. The number of benzene rings is 2. The van der Waals surface area contributed by atoms with Crippen molar-refractivity contribution in [2.75, 3.05) is 29.7 Å². The van der Waals surface area contributed by atoms with Crippen molar-refractivity contribution in [2.24, 2.45) is 0 Å². The quantitative estimate of drug-likeness (QED) is 0.711. The van der Waals surface area contributed by atoms with Crippen LogP contribution in [0.15, 0.2) is 48.5 Å². The zero-order chi connectivity index (χ0) is 21.8. The molecule has 1 atom stereocenters. The Hall–Kier alpha value is -2.58. The van der Waals surface area contributed by atoms with Crippen molar-refractivity contribution in [1.29, 1.82) is 0 Å². The summed E-state index contributed by atoms with van der Waals surface area (Å²) in [6.45, 7) is 5.21. The van der Waals surface area contributed by atoms with E-state index in [1.54, 1.807) is 31.2 Å². The Balaban J connectivity index is 1.38. The number of hydrogen-bond acceptors (Lipinski definition) is 5. The zero-order valence-electron chi connectivity index (χ0n) is 17.8. The van der Waals surface area contributed by atoms with Crippen LogP contribution in [0.2, 0.25) is 0 Å². The number of sulfonamides is 1. The van der Waals surface area contributed by atoms with Crippen molar-refractivity contribution in [3.8, 4) is 5.75 Å². The van der Waals surface area contributed by atoms with Crippen LogP contribution in [0.25, 0.3) is 0 Å². The van der Waals surface area contributed by atoms with Gasteiger partial charge in [-0.15, -0.1) is 0 Å².